The van der Waals surface area contributed by atoms with Gasteiger partial charge in [-0.15, -0.1) is 18.3 Å². The first kappa shape index (κ1) is 24.1. The van der Waals surface area contributed by atoms with Crippen molar-refractivity contribution in [3.8, 4) is 0 Å². The maximum absolute atomic E-state index is 14.1. The highest BCUT2D eigenvalue weighted by atomic mass is 32.2. The fourth-order valence-corrected chi connectivity index (χ4v) is 7.99. The van der Waals surface area contributed by atoms with Crippen LogP contribution in [0, 0.1) is 17.8 Å². The molecule has 8 heteroatoms. The van der Waals surface area contributed by atoms with Crippen LogP contribution in [0.15, 0.2) is 12.7 Å². The Bertz CT molecular complexity index is 766. The average molecular weight is 453 g/mol. The summed E-state index contributed by atoms with van der Waals surface area (Å²) in [6.07, 6.45) is 3.74. The van der Waals surface area contributed by atoms with Gasteiger partial charge in [-0.05, 0) is 39.5 Å². The summed E-state index contributed by atoms with van der Waals surface area (Å²) >= 11 is 1.52. The summed E-state index contributed by atoms with van der Waals surface area (Å²) in [6.45, 7) is 13.7. The molecule has 0 aliphatic carbocycles. The Labute approximate surface area is 189 Å². The first-order valence-electron chi connectivity index (χ1n) is 11.2. The number of fused-ring (bicyclic) bond motifs is 1. The van der Waals surface area contributed by atoms with Crippen LogP contribution in [-0.2, 0) is 14.4 Å². The van der Waals surface area contributed by atoms with Gasteiger partial charge in [0.15, 0.2) is 0 Å². The fraction of sp³-hybridized carbons (Fsp3) is 0.783. The van der Waals surface area contributed by atoms with E-state index in [0.717, 1.165) is 6.42 Å². The molecule has 3 fully saturated rings. The molecule has 0 saturated carbocycles. The Morgan fingerprint density at radius 2 is 2.06 bits per heavy atom. The number of aliphatic hydroxyl groups is 1. The highest BCUT2D eigenvalue weighted by Crippen LogP contribution is 2.67. The summed E-state index contributed by atoms with van der Waals surface area (Å²) in [5.74, 6) is -2.96. The summed E-state index contributed by atoms with van der Waals surface area (Å²) in [6, 6.07) is -1.30. The smallest absolute Gasteiger partial charge is 0.308 e. The normalized spacial score (nSPS) is 33.9. The van der Waals surface area contributed by atoms with Gasteiger partial charge in [0.05, 0.1) is 29.2 Å². The molecule has 0 aromatic heterocycles. The molecule has 3 saturated heterocycles. The van der Waals surface area contributed by atoms with E-state index in [1.807, 2.05) is 34.6 Å². The van der Waals surface area contributed by atoms with Crippen LogP contribution in [0.3, 0.4) is 0 Å². The second-order valence-corrected chi connectivity index (χ2v) is 11.8. The van der Waals surface area contributed by atoms with Gasteiger partial charge in [-0.1, -0.05) is 26.3 Å². The summed E-state index contributed by atoms with van der Waals surface area (Å²) in [5, 5.41) is 20.0. The van der Waals surface area contributed by atoms with Crippen molar-refractivity contribution in [2.24, 2.45) is 17.8 Å². The molecule has 3 heterocycles. The van der Waals surface area contributed by atoms with Crippen LogP contribution in [0.4, 0.5) is 0 Å². The Balaban J connectivity index is 2.16. The first-order valence-corrected chi connectivity index (χ1v) is 12.1. The van der Waals surface area contributed by atoms with E-state index in [1.165, 1.54) is 11.8 Å². The number of aliphatic carboxylic acids is 1. The monoisotopic (exact) mass is 452 g/mol. The van der Waals surface area contributed by atoms with E-state index in [9.17, 15) is 24.6 Å². The first-order chi connectivity index (χ1) is 14.5. The van der Waals surface area contributed by atoms with E-state index in [1.54, 1.807) is 15.9 Å². The number of nitrogens with zero attached hydrogens (tertiary/aromatic N) is 2. The molecule has 1 spiro atoms. The largest absolute Gasteiger partial charge is 0.481 e. The van der Waals surface area contributed by atoms with Gasteiger partial charge < -0.3 is 20.0 Å². The molecule has 7 nitrogen and oxygen atoms in total. The van der Waals surface area contributed by atoms with E-state index in [-0.39, 0.29) is 29.6 Å². The van der Waals surface area contributed by atoms with Gasteiger partial charge in [0.25, 0.3) is 0 Å². The molecule has 0 radical (unpaired) electrons. The third-order valence-electron chi connectivity index (χ3n) is 7.49. The number of hydrogen-bond donors (Lipinski definition) is 2. The Morgan fingerprint density at radius 1 is 1.42 bits per heavy atom. The SMILES string of the molecule is C=CCN(C(=O)C1N([C@@H](CO)[C@@H](C)CC)C(=O)[C@@H]2[C@@H](C(=O)O)[C@H]3CCC12S3)C(C)(C)C. The number of carboxylic acids is 1. The molecule has 2 bridgehead atoms. The highest BCUT2D eigenvalue weighted by Gasteiger charge is 2.75. The van der Waals surface area contributed by atoms with Crippen LogP contribution < -0.4 is 0 Å². The van der Waals surface area contributed by atoms with Gasteiger partial charge in [-0.25, -0.2) is 0 Å². The molecule has 7 atom stereocenters. The Kier molecular flexibility index (Phi) is 6.55. The predicted octanol–water partition coefficient (Wildman–Crippen LogP) is 2.38. The molecule has 0 aromatic rings. The van der Waals surface area contributed by atoms with Gasteiger partial charge in [-0.3, -0.25) is 14.4 Å². The average Bonchev–Trinajstić information content (AvgIpc) is 3.33. The van der Waals surface area contributed by atoms with E-state index in [4.69, 9.17) is 0 Å². The second kappa shape index (κ2) is 8.43. The molecule has 3 aliphatic heterocycles. The van der Waals surface area contributed by atoms with Gasteiger partial charge in [-0.2, -0.15) is 0 Å². The zero-order valence-corrected chi connectivity index (χ0v) is 20.0. The number of likely N-dealkylation sites (tertiary alicyclic amines) is 1. The lowest BCUT2D eigenvalue weighted by Gasteiger charge is -2.44. The van der Waals surface area contributed by atoms with Crippen molar-refractivity contribution in [1.82, 2.24) is 9.80 Å². The number of carbonyl (C=O) groups is 3. The molecule has 3 rings (SSSR count). The van der Waals surface area contributed by atoms with Crippen molar-refractivity contribution in [2.75, 3.05) is 13.2 Å². The molecular weight excluding hydrogens is 416 g/mol. The number of carbonyl (C=O) groups excluding carboxylic acids is 2. The molecule has 3 aliphatic rings. The summed E-state index contributed by atoms with van der Waals surface area (Å²) < 4.78 is -0.757. The number of thioether (sulfide) groups is 1. The van der Waals surface area contributed by atoms with E-state index in [2.05, 4.69) is 6.58 Å². The lowest BCUT2D eigenvalue weighted by molar-refractivity contribution is -0.151. The number of hydrogen-bond acceptors (Lipinski definition) is 5. The molecule has 0 aromatic carbocycles. The highest BCUT2D eigenvalue weighted by molar-refractivity contribution is 8.02. The minimum atomic E-state index is -0.965. The van der Waals surface area contributed by atoms with Gasteiger partial charge >= 0.3 is 5.97 Å². The summed E-state index contributed by atoms with van der Waals surface area (Å²) in [4.78, 5) is 43.4. The lowest BCUT2D eigenvalue weighted by atomic mass is 9.71. The van der Waals surface area contributed by atoms with Crippen molar-refractivity contribution >= 4 is 29.5 Å². The van der Waals surface area contributed by atoms with Crippen LogP contribution in [0.5, 0.6) is 0 Å². The standard InChI is InChI=1S/C23H36N2O5S/c1-7-11-24(22(4,5)6)20(28)18-23-10-9-15(31-23)16(21(29)30)17(23)19(27)25(18)14(12-26)13(3)8-2/h7,13-18,26H,1,8-12H2,2-6H3,(H,29,30)/t13-,14-,15+,16-,17-,18?,23?/m0/s1. The molecule has 2 unspecified atom stereocenters. The van der Waals surface area contributed by atoms with Gasteiger partial charge in [0.1, 0.15) is 6.04 Å². The van der Waals surface area contributed by atoms with E-state index >= 15 is 0 Å². The Morgan fingerprint density at radius 3 is 2.55 bits per heavy atom. The van der Waals surface area contributed by atoms with Gasteiger partial charge in [0, 0.05) is 17.3 Å². The predicted molar refractivity (Wildman–Crippen MR) is 121 cm³/mol. The fourth-order valence-electron chi connectivity index (χ4n) is 5.79. The molecule has 2 amide bonds. The molecular formula is C23H36N2O5S. The molecule has 2 N–H and O–H groups in total. The number of rotatable bonds is 8. The van der Waals surface area contributed by atoms with Crippen LogP contribution in [0.25, 0.3) is 0 Å². The van der Waals surface area contributed by atoms with Gasteiger partial charge in [0.2, 0.25) is 11.8 Å². The zero-order chi connectivity index (χ0) is 23.3. The third-order valence-corrected chi connectivity index (χ3v) is 9.44. The third kappa shape index (κ3) is 3.59. The Hall–Kier alpha value is -1.54. The molecule has 174 valence electrons. The van der Waals surface area contributed by atoms with Crippen molar-refractivity contribution in [1.29, 1.82) is 0 Å². The van der Waals surface area contributed by atoms with E-state index < -0.39 is 40.2 Å². The van der Waals surface area contributed by atoms with Crippen LogP contribution >= 0.6 is 11.8 Å². The van der Waals surface area contributed by atoms with Crippen LogP contribution in [0.1, 0.15) is 53.9 Å². The quantitative estimate of drug-likeness (QED) is 0.549. The van der Waals surface area contributed by atoms with Crippen molar-refractivity contribution in [2.45, 2.75) is 81.5 Å². The number of carboxylic acid groups (broad SMARTS) is 1. The summed E-state index contributed by atoms with van der Waals surface area (Å²) in [5.41, 5.74) is -0.493. The minimum absolute atomic E-state index is 0.0209. The minimum Gasteiger partial charge on any atom is -0.481 e. The summed E-state index contributed by atoms with van der Waals surface area (Å²) in [7, 11) is 0. The number of aliphatic hydroxyl groups excluding tert-OH is 1. The second-order valence-electron chi connectivity index (χ2n) is 10.2. The van der Waals surface area contributed by atoms with Crippen LogP contribution in [0.2, 0.25) is 0 Å². The molecule has 31 heavy (non-hydrogen) atoms. The topological polar surface area (TPSA) is 98.2 Å². The maximum Gasteiger partial charge on any atom is 0.308 e. The van der Waals surface area contributed by atoms with E-state index in [0.29, 0.717) is 19.4 Å². The van der Waals surface area contributed by atoms with Crippen molar-refractivity contribution in [3.63, 3.8) is 0 Å². The van der Waals surface area contributed by atoms with Crippen molar-refractivity contribution in [3.05, 3.63) is 12.7 Å². The zero-order valence-electron chi connectivity index (χ0n) is 19.2. The van der Waals surface area contributed by atoms with Crippen molar-refractivity contribution < 1.29 is 24.6 Å². The lowest BCUT2D eigenvalue weighted by Crippen LogP contribution is -2.61. The number of amides is 2. The maximum atomic E-state index is 14.1. The van der Waals surface area contributed by atoms with Crippen LogP contribution in [-0.4, -0.2) is 78.6 Å².